The first-order valence-corrected chi connectivity index (χ1v) is 10.6. The van der Waals surface area contributed by atoms with E-state index in [1.165, 1.54) is 18.1 Å². The van der Waals surface area contributed by atoms with Gasteiger partial charge in [0.15, 0.2) is 16.7 Å². The minimum absolute atomic E-state index is 0.0173. The van der Waals surface area contributed by atoms with Crippen molar-refractivity contribution in [3.05, 3.63) is 80.4 Å². The van der Waals surface area contributed by atoms with Crippen LogP contribution in [0, 0.1) is 13.8 Å². The number of amides is 1. The fraction of sp³-hybridized carbons (Fsp3) is 0.182. The summed E-state index contributed by atoms with van der Waals surface area (Å²) < 4.78 is 10.2. The van der Waals surface area contributed by atoms with Gasteiger partial charge in [-0.1, -0.05) is 35.1 Å². The van der Waals surface area contributed by atoms with Gasteiger partial charge in [0.25, 0.3) is 5.91 Å². The van der Waals surface area contributed by atoms with Crippen molar-refractivity contribution in [3.8, 4) is 0 Å². The van der Waals surface area contributed by atoms with E-state index >= 15 is 0 Å². The summed E-state index contributed by atoms with van der Waals surface area (Å²) in [6.07, 6.45) is 0. The van der Waals surface area contributed by atoms with Crippen LogP contribution >= 0.6 is 22.9 Å². The second-order valence-corrected chi connectivity index (χ2v) is 8.45. The Bertz CT molecular complexity index is 1290. The molecule has 10 heteroatoms. The van der Waals surface area contributed by atoms with Crippen LogP contribution in [0.2, 0.25) is 5.02 Å². The van der Waals surface area contributed by atoms with Gasteiger partial charge in [-0.3, -0.25) is 14.5 Å². The maximum Gasteiger partial charge on any atom is 0.350 e. The average Bonchev–Trinajstić information content (AvgIpc) is 3.43. The topological polar surface area (TPSA) is 110 Å². The predicted octanol–water partition coefficient (Wildman–Crippen LogP) is 4.58. The zero-order valence-corrected chi connectivity index (χ0v) is 18.8. The summed E-state index contributed by atoms with van der Waals surface area (Å²) >= 11 is 7.09. The smallest absolute Gasteiger partial charge is 0.350 e. The van der Waals surface area contributed by atoms with Crippen LogP contribution in [0.25, 0.3) is 0 Å². The van der Waals surface area contributed by atoms with Gasteiger partial charge >= 0.3 is 5.97 Å². The van der Waals surface area contributed by atoms with E-state index in [2.05, 4.69) is 4.98 Å². The number of hydrogen-bond donors (Lipinski definition) is 1. The lowest BCUT2D eigenvalue weighted by molar-refractivity contribution is -0.117. The Kier molecular flexibility index (Phi) is 5.62. The van der Waals surface area contributed by atoms with Crippen LogP contribution in [-0.2, 0) is 9.53 Å². The van der Waals surface area contributed by atoms with Crippen molar-refractivity contribution in [1.29, 1.82) is 0 Å². The van der Waals surface area contributed by atoms with Gasteiger partial charge in [-0.15, -0.1) is 0 Å². The molecule has 0 radical (unpaired) electrons. The number of carbonyl (C=O) groups is 3. The maximum absolute atomic E-state index is 13.3. The fourth-order valence-electron chi connectivity index (χ4n) is 3.48. The molecule has 2 aromatic heterocycles. The minimum atomic E-state index is -1.03. The molecule has 1 atom stereocenters. The highest BCUT2D eigenvalue weighted by molar-refractivity contribution is 7.17. The van der Waals surface area contributed by atoms with Gasteiger partial charge in [0.05, 0.1) is 24.4 Å². The standard InChI is InChI=1S/C22H17ClN2O6S/c1-10-7-8-14(31-10)17(26)15-16(12-5-4-6-13(23)9-12)25(20(28)18(15)27)22-24-11(2)19(32-22)21(29)30-3/h4-9,16,27H,1-3H3/t16-/m1/s1. The van der Waals surface area contributed by atoms with E-state index in [4.69, 9.17) is 20.8 Å². The highest BCUT2D eigenvalue weighted by atomic mass is 35.5. The SMILES string of the molecule is COC(=O)c1sc(N2C(=O)C(O)=C(C(=O)c3ccc(C)o3)[C@H]2c2cccc(Cl)c2)nc1C. The van der Waals surface area contributed by atoms with Crippen molar-refractivity contribution in [2.75, 3.05) is 12.0 Å². The third-order valence-corrected chi connectivity index (χ3v) is 6.32. The Morgan fingerprint density at radius 3 is 2.62 bits per heavy atom. The van der Waals surface area contributed by atoms with Crippen LogP contribution < -0.4 is 4.90 Å². The van der Waals surface area contributed by atoms with Gasteiger partial charge in [-0.2, -0.15) is 0 Å². The van der Waals surface area contributed by atoms with Gasteiger partial charge in [-0.25, -0.2) is 9.78 Å². The molecule has 1 amide bonds. The number of nitrogens with zero attached hydrogens (tertiary/aromatic N) is 2. The largest absolute Gasteiger partial charge is 0.503 e. The molecule has 0 saturated carbocycles. The molecule has 164 valence electrons. The molecular formula is C22H17ClN2O6S. The molecule has 0 aliphatic carbocycles. The number of esters is 1. The number of rotatable bonds is 5. The summed E-state index contributed by atoms with van der Waals surface area (Å²) in [5.74, 6) is -2.30. The summed E-state index contributed by atoms with van der Waals surface area (Å²) in [5, 5.41) is 11.2. The third kappa shape index (κ3) is 3.59. The quantitative estimate of drug-likeness (QED) is 0.427. The monoisotopic (exact) mass is 472 g/mol. The van der Waals surface area contributed by atoms with E-state index in [0.29, 0.717) is 22.0 Å². The molecule has 3 heterocycles. The number of thiazole rings is 1. The van der Waals surface area contributed by atoms with E-state index in [1.807, 2.05) is 0 Å². The molecule has 1 N–H and O–H groups in total. The zero-order valence-electron chi connectivity index (χ0n) is 17.2. The number of aromatic nitrogens is 1. The number of ketones is 1. The molecule has 32 heavy (non-hydrogen) atoms. The van der Waals surface area contributed by atoms with Crippen LogP contribution in [0.4, 0.5) is 5.13 Å². The van der Waals surface area contributed by atoms with Gasteiger partial charge in [0.2, 0.25) is 5.78 Å². The summed E-state index contributed by atoms with van der Waals surface area (Å²) in [6.45, 7) is 3.28. The first-order chi connectivity index (χ1) is 15.2. The molecule has 3 aromatic rings. The van der Waals surface area contributed by atoms with Gasteiger partial charge in [-0.05, 0) is 43.7 Å². The van der Waals surface area contributed by atoms with Crippen LogP contribution in [0.5, 0.6) is 0 Å². The Morgan fingerprint density at radius 1 is 1.25 bits per heavy atom. The molecule has 1 aliphatic rings. The molecule has 0 unspecified atom stereocenters. The number of Topliss-reactive ketones (excluding diaryl/α,β-unsaturated/α-hetero) is 1. The Hall–Kier alpha value is -3.43. The maximum atomic E-state index is 13.3. The van der Waals surface area contributed by atoms with E-state index in [9.17, 15) is 19.5 Å². The predicted molar refractivity (Wildman–Crippen MR) is 117 cm³/mol. The van der Waals surface area contributed by atoms with Crippen LogP contribution in [-0.4, -0.2) is 34.9 Å². The third-order valence-electron chi connectivity index (χ3n) is 4.94. The Balaban J connectivity index is 1.88. The van der Waals surface area contributed by atoms with Crippen molar-refractivity contribution < 1.29 is 28.6 Å². The summed E-state index contributed by atoms with van der Waals surface area (Å²) in [5.41, 5.74) is 0.670. The molecule has 1 aliphatic heterocycles. The van der Waals surface area contributed by atoms with Crippen molar-refractivity contribution in [2.24, 2.45) is 0 Å². The normalized spacial score (nSPS) is 16.1. The van der Waals surface area contributed by atoms with Crippen molar-refractivity contribution in [1.82, 2.24) is 4.98 Å². The number of furan rings is 1. The summed E-state index contributed by atoms with van der Waals surface area (Å²) in [6, 6.07) is 8.64. The first kappa shape index (κ1) is 21.8. The number of anilines is 1. The average molecular weight is 473 g/mol. The van der Waals surface area contributed by atoms with Gasteiger partial charge in [0, 0.05) is 5.02 Å². The number of aliphatic hydroxyl groups is 1. The highest BCUT2D eigenvalue weighted by Crippen LogP contribution is 2.44. The molecule has 0 fully saturated rings. The molecule has 0 spiro atoms. The molecule has 0 saturated heterocycles. The van der Waals surface area contributed by atoms with Crippen molar-refractivity contribution in [2.45, 2.75) is 19.9 Å². The fourth-order valence-corrected chi connectivity index (χ4v) is 4.69. The molecule has 8 nitrogen and oxygen atoms in total. The van der Waals surface area contributed by atoms with Crippen LogP contribution in [0.1, 0.15) is 43.3 Å². The van der Waals surface area contributed by atoms with E-state index in [-0.39, 0.29) is 21.3 Å². The second-order valence-electron chi connectivity index (χ2n) is 7.04. The second kappa shape index (κ2) is 8.25. The number of ether oxygens (including phenoxy) is 1. The lowest BCUT2D eigenvalue weighted by Crippen LogP contribution is -2.31. The van der Waals surface area contributed by atoms with Crippen LogP contribution in [0.15, 0.2) is 52.1 Å². The number of halogens is 1. The minimum Gasteiger partial charge on any atom is -0.503 e. The molecule has 0 bridgehead atoms. The van der Waals surface area contributed by atoms with E-state index < -0.39 is 29.5 Å². The van der Waals surface area contributed by atoms with Gasteiger partial charge in [0.1, 0.15) is 10.6 Å². The number of carbonyl (C=O) groups excluding carboxylic acids is 3. The first-order valence-electron chi connectivity index (χ1n) is 9.42. The number of methoxy groups -OCH3 is 1. The Morgan fingerprint density at radius 2 is 2.00 bits per heavy atom. The molecular weight excluding hydrogens is 456 g/mol. The number of hydrogen-bond acceptors (Lipinski definition) is 8. The number of aryl methyl sites for hydroxylation is 2. The molecule has 4 rings (SSSR count). The van der Waals surface area contributed by atoms with Crippen molar-refractivity contribution >= 4 is 45.7 Å². The summed E-state index contributed by atoms with van der Waals surface area (Å²) in [7, 11) is 1.24. The van der Waals surface area contributed by atoms with Gasteiger partial charge < -0.3 is 14.3 Å². The van der Waals surface area contributed by atoms with Crippen molar-refractivity contribution in [3.63, 3.8) is 0 Å². The molecule has 1 aromatic carbocycles. The lowest BCUT2D eigenvalue weighted by atomic mass is 9.95. The number of benzene rings is 1. The highest BCUT2D eigenvalue weighted by Gasteiger charge is 2.46. The van der Waals surface area contributed by atoms with Crippen LogP contribution in [0.3, 0.4) is 0 Å². The summed E-state index contributed by atoms with van der Waals surface area (Å²) in [4.78, 5) is 44.2. The van der Waals surface area contributed by atoms with E-state index in [0.717, 1.165) is 11.3 Å². The zero-order chi connectivity index (χ0) is 23.2. The van der Waals surface area contributed by atoms with E-state index in [1.54, 1.807) is 44.2 Å². The lowest BCUT2D eigenvalue weighted by Gasteiger charge is -2.24. The number of aliphatic hydroxyl groups excluding tert-OH is 1. The Labute approximate surface area is 191 Å².